The fourth-order valence-electron chi connectivity index (χ4n) is 1.98. The van der Waals surface area contributed by atoms with E-state index in [0.717, 1.165) is 16.8 Å². The van der Waals surface area contributed by atoms with Crippen molar-refractivity contribution >= 4 is 11.4 Å². The number of rotatable bonds is 4. The van der Waals surface area contributed by atoms with Gasteiger partial charge < -0.3 is 5.32 Å². The predicted octanol–water partition coefficient (Wildman–Crippen LogP) is 3.47. The Balaban J connectivity index is 2.06. The third kappa shape index (κ3) is 3.59. The van der Waals surface area contributed by atoms with Crippen LogP contribution in [0, 0.1) is 17.0 Å². The Labute approximate surface area is 123 Å². The quantitative estimate of drug-likeness (QED) is 0.690. The lowest BCUT2D eigenvalue weighted by Gasteiger charge is -2.18. The highest BCUT2D eigenvalue weighted by molar-refractivity contribution is 5.55. The van der Waals surface area contributed by atoms with Crippen LogP contribution in [-0.2, 0) is 12.1 Å². The van der Waals surface area contributed by atoms with Gasteiger partial charge in [-0.25, -0.2) is 0 Å². The minimum atomic E-state index is -0.385. The molecule has 2 aromatic rings. The van der Waals surface area contributed by atoms with Crippen molar-refractivity contribution < 1.29 is 4.92 Å². The highest BCUT2D eigenvalue weighted by Gasteiger charge is 2.14. The summed E-state index contributed by atoms with van der Waals surface area (Å²) in [6.07, 6.45) is 3.84. The minimum Gasteiger partial charge on any atom is -0.381 e. The number of nitro benzene ring substituents is 1. The number of nitrogens with zero attached hydrogens (tertiary/aromatic N) is 3. The molecule has 0 unspecified atom stereocenters. The van der Waals surface area contributed by atoms with Crippen molar-refractivity contribution in [3.05, 3.63) is 51.8 Å². The van der Waals surface area contributed by atoms with Gasteiger partial charge in [-0.05, 0) is 39.3 Å². The molecule has 0 amide bonds. The predicted molar refractivity (Wildman–Crippen MR) is 82.4 cm³/mol. The van der Waals surface area contributed by atoms with Crippen molar-refractivity contribution in [1.29, 1.82) is 0 Å². The summed E-state index contributed by atoms with van der Waals surface area (Å²) < 4.78 is 1.92. The molecule has 0 radical (unpaired) electrons. The van der Waals surface area contributed by atoms with Gasteiger partial charge in [-0.1, -0.05) is 0 Å². The van der Waals surface area contributed by atoms with Crippen LogP contribution in [0.3, 0.4) is 0 Å². The van der Waals surface area contributed by atoms with Crippen molar-refractivity contribution in [1.82, 2.24) is 9.78 Å². The summed E-state index contributed by atoms with van der Waals surface area (Å²) in [7, 11) is 0. The number of nitrogens with one attached hydrogen (secondary N) is 1. The number of aromatic nitrogens is 2. The maximum absolute atomic E-state index is 10.7. The van der Waals surface area contributed by atoms with Crippen LogP contribution in [0.25, 0.3) is 0 Å². The third-order valence-electron chi connectivity index (χ3n) is 3.23. The van der Waals surface area contributed by atoms with Crippen molar-refractivity contribution in [2.24, 2.45) is 0 Å². The molecule has 0 bridgehead atoms. The summed E-state index contributed by atoms with van der Waals surface area (Å²) in [4.78, 5) is 10.3. The highest BCUT2D eigenvalue weighted by atomic mass is 16.6. The number of non-ortho nitro benzene ring substituents is 1. The molecule has 1 heterocycles. The van der Waals surface area contributed by atoms with Crippen LogP contribution in [0.1, 0.15) is 31.9 Å². The minimum absolute atomic E-state index is 0.0402. The molecular formula is C15H20N4O2. The molecule has 0 spiro atoms. The average Bonchev–Trinajstić information content (AvgIpc) is 2.85. The fraction of sp³-hybridized carbons (Fsp3) is 0.400. The van der Waals surface area contributed by atoms with E-state index in [-0.39, 0.29) is 16.1 Å². The van der Waals surface area contributed by atoms with Crippen molar-refractivity contribution in [3.63, 3.8) is 0 Å². The Morgan fingerprint density at radius 3 is 2.62 bits per heavy atom. The van der Waals surface area contributed by atoms with Crippen LogP contribution >= 0.6 is 0 Å². The second-order valence-electron chi connectivity index (χ2n) is 6.07. The normalized spacial score (nSPS) is 11.4. The largest absolute Gasteiger partial charge is 0.381 e. The molecule has 1 N–H and O–H groups in total. The molecule has 0 saturated heterocycles. The summed E-state index contributed by atoms with van der Waals surface area (Å²) in [5.74, 6) is 0. The molecule has 6 heteroatoms. The van der Waals surface area contributed by atoms with Gasteiger partial charge in [0, 0.05) is 36.1 Å². The Hall–Kier alpha value is -2.37. The van der Waals surface area contributed by atoms with Gasteiger partial charge in [0.25, 0.3) is 5.69 Å². The molecule has 0 aliphatic carbocycles. The van der Waals surface area contributed by atoms with E-state index < -0.39 is 0 Å². The van der Waals surface area contributed by atoms with E-state index >= 15 is 0 Å². The Morgan fingerprint density at radius 1 is 1.38 bits per heavy atom. The van der Waals surface area contributed by atoms with Crippen LogP contribution in [-0.4, -0.2) is 14.7 Å². The van der Waals surface area contributed by atoms with E-state index in [1.54, 1.807) is 12.1 Å². The van der Waals surface area contributed by atoms with E-state index in [2.05, 4.69) is 31.2 Å². The molecule has 0 atom stereocenters. The zero-order chi connectivity index (χ0) is 15.6. The second kappa shape index (κ2) is 5.55. The van der Waals surface area contributed by atoms with Gasteiger partial charge in [0.15, 0.2) is 0 Å². The van der Waals surface area contributed by atoms with Crippen LogP contribution in [0.4, 0.5) is 11.4 Å². The van der Waals surface area contributed by atoms with Crippen LogP contribution in [0.15, 0.2) is 30.6 Å². The van der Waals surface area contributed by atoms with Gasteiger partial charge in [-0.2, -0.15) is 5.10 Å². The summed E-state index contributed by atoms with van der Waals surface area (Å²) >= 11 is 0. The van der Waals surface area contributed by atoms with Gasteiger partial charge in [0.2, 0.25) is 0 Å². The Bertz CT molecular complexity index is 656. The van der Waals surface area contributed by atoms with E-state index in [0.29, 0.717) is 6.54 Å². The van der Waals surface area contributed by atoms with Crippen molar-refractivity contribution in [3.8, 4) is 0 Å². The topological polar surface area (TPSA) is 73.0 Å². The molecule has 2 rings (SSSR count). The summed E-state index contributed by atoms with van der Waals surface area (Å²) in [5.41, 5.74) is 2.89. The molecular weight excluding hydrogens is 268 g/mol. The van der Waals surface area contributed by atoms with E-state index in [9.17, 15) is 10.1 Å². The smallest absolute Gasteiger partial charge is 0.269 e. The van der Waals surface area contributed by atoms with Crippen molar-refractivity contribution in [2.75, 3.05) is 5.32 Å². The molecule has 1 aromatic carbocycles. The summed E-state index contributed by atoms with van der Waals surface area (Å²) in [6, 6.07) is 4.82. The van der Waals surface area contributed by atoms with Gasteiger partial charge >= 0.3 is 0 Å². The van der Waals surface area contributed by atoms with Gasteiger partial charge in [-0.15, -0.1) is 0 Å². The van der Waals surface area contributed by atoms with Crippen molar-refractivity contribution in [2.45, 2.75) is 39.8 Å². The highest BCUT2D eigenvalue weighted by Crippen LogP contribution is 2.22. The standard InChI is InChI=1S/C15H20N4O2/c1-11-7-13(19(20)21)5-6-14(11)16-8-12-9-17-18(10-12)15(2,3)4/h5-7,9-10,16H,8H2,1-4H3. The first-order chi connectivity index (χ1) is 9.77. The van der Waals surface area contributed by atoms with E-state index in [1.807, 2.05) is 24.0 Å². The maximum Gasteiger partial charge on any atom is 0.269 e. The molecule has 112 valence electrons. The molecule has 0 saturated carbocycles. The first-order valence-electron chi connectivity index (χ1n) is 6.80. The first kappa shape index (κ1) is 15.0. The second-order valence-corrected chi connectivity index (χ2v) is 6.07. The zero-order valence-corrected chi connectivity index (χ0v) is 12.8. The van der Waals surface area contributed by atoms with Crippen LogP contribution in [0.2, 0.25) is 0 Å². The lowest BCUT2D eigenvalue weighted by atomic mass is 10.1. The molecule has 1 aromatic heterocycles. The molecule has 21 heavy (non-hydrogen) atoms. The molecule has 0 aliphatic heterocycles. The number of aryl methyl sites for hydroxylation is 1. The Morgan fingerprint density at radius 2 is 2.10 bits per heavy atom. The van der Waals surface area contributed by atoms with E-state index in [1.165, 1.54) is 6.07 Å². The fourth-order valence-corrected chi connectivity index (χ4v) is 1.98. The lowest BCUT2D eigenvalue weighted by Crippen LogP contribution is -2.21. The van der Waals surface area contributed by atoms with Gasteiger partial charge in [0.1, 0.15) is 0 Å². The monoisotopic (exact) mass is 288 g/mol. The number of anilines is 1. The lowest BCUT2D eigenvalue weighted by molar-refractivity contribution is -0.384. The van der Waals surface area contributed by atoms with Gasteiger partial charge in [0.05, 0.1) is 16.7 Å². The number of benzene rings is 1. The number of hydrogen-bond donors (Lipinski definition) is 1. The SMILES string of the molecule is Cc1cc([N+](=O)[O-])ccc1NCc1cnn(C(C)(C)C)c1. The Kier molecular flexibility index (Phi) is 3.97. The number of nitro groups is 1. The number of hydrogen-bond acceptors (Lipinski definition) is 4. The zero-order valence-electron chi connectivity index (χ0n) is 12.8. The molecule has 0 fully saturated rings. The summed E-state index contributed by atoms with van der Waals surface area (Å²) in [5, 5.41) is 18.3. The maximum atomic E-state index is 10.7. The molecule has 0 aliphatic rings. The first-order valence-corrected chi connectivity index (χ1v) is 6.80. The third-order valence-corrected chi connectivity index (χ3v) is 3.23. The summed E-state index contributed by atoms with van der Waals surface area (Å²) in [6.45, 7) is 8.77. The van der Waals surface area contributed by atoms with Gasteiger partial charge in [-0.3, -0.25) is 14.8 Å². The van der Waals surface area contributed by atoms with Crippen LogP contribution in [0.5, 0.6) is 0 Å². The molecule has 6 nitrogen and oxygen atoms in total. The van der Waals surface area contributed by atoms with Crippen LogP contribution < -0.4 is 5.32 Å². The average molecular weight is 288 g/mol. The van der Waals surface area contributed by atoms with E-state index in [4.69, 9.17) is 0 Å².